The second-order valence-electron chi connectivity index (χ2n) is 8.09. The van der Waals surface area contributed by atoms with E-state index in [0.29, 0.717) is 48.1 Å². The normalized spacial score (nSPS) is 17.2. The van der Waals surface area contributed by atoms with Gasteiger partial charge < -0.3 is 29.1 Å². The third-order valence-corrected chi connectivity index (χ3v) is 6.25. The van der Waals surface area contributed by atoms with Crippen molar-refractivity contribution in [1.82, 2.24) is 9.80 Å². The van der Waals surface area contributed by atoms with Crippen molar-refractivity contribution in [3.05, 3.63) is 59.2 Å². The number of likely N-dealkylation sites (tertiary alicyclic amines) is 1. The van der Waals surface area contributed by atoms with Crippen molar-refractivity contribution in [2.45, 2.75) is 26.8 Å². The standard InChI is InChI=1S/C27H34N2O6/c1-6-28(7-2)15-16-29-24(19-11-14-21(33-4)22(17-19)34-5)23(26(31)27(29)32)25(30)18-9-12-20(13-10-18)35-8-3/h9-14,17,24,30H,6-8,15-16H2,1-5H3/b25-23+/t24-/m1/s1. The minimum absolute atomic E-state index is 0.0472. The minimum atomic E-state index is -0.767. The van der Waals surface area contributed by atoms with Gasteiger partial charge in [0, 0.05) is 18.7 Å². The average Bonchev–Trinajstić information content (AvgIpc) is 3.14. The summed E-state index contributed by atoms with van der Waals surface area (Å²) in [6, 6.07) is 11.3. The van der Waals surface area contributed by atoms with Crippen LogP contribution in [0.4, 0.5) is 0 Å². The average molecular weight is 483 g/mol. The van der Waals surface area contributed by atoms with Gasteiger partial charge in [0.2, 0.25) is 0 Å². The number of carbonyl (C=O) groups is 2. The van der Waals surface area contributed by atoms with Crippen LogP contribution < -0.4 is 14.2 Å². The van der Waals surface area contributed by atoms with Crippen molar-refractivity contribution in [3.8, 4) is 17.2 Å². The molecule has 0 spiro atoms. The number of hydrogen-bond acceptors (Lipinski definition) is 7. The topological polar surface area (TPSA) is 88.5 Å². The SMILES string of the molecule is CCOc1ccc(/C(O)=C2\C(=O)C(=O)N(CCN(CC)CC)[C@@H]2c2ccc(OC)c(OC)c2)cc1. The van der Waals surface area contributed by atoms with Crippen LogP contribution in [0.1, 0.15) is 37.9 Å². The van der Waals surface area contributed by atoms with Crippen LogP contribution in [0.3, 0.4) is 0 Å². The number of rotatable bonds is 11. The predicted molar refractivity (Wildman–Crippen MR) is 134 cm³/mol. The maximum atomic E-state index is 13.2. The van der Waals surface area contributed by atoms with Crippen LogP contribution in [0.5, 0.6) is 17.2 Å². The molecular weight excluding hydrogens is 448 g/mol. The summed E-state index contributed by atoms with van der Waals surface area (Å²) in [6.45, 7) is 9.10. The number of aliphatic hydroxyl groups excluding tert-OH is 1. The van der Waals surface area contributed by atoms with Crippen LogP contribution >= 0.6 is 0 Å². The molecule has 1 aliphatic rings. The molecule has 3 rings (SSSR count). The van der Waals surface area contributed by atoms with Crippen molar-refractivity contribution in [1.29, 1.82) is 0 Å². The molecular formula is C27H34N2O6. The van der Waals surface area contributed by atoms with Gasteiger partial charge in [-0.1, -0.05) is 19.9 Å². The molecule has 1 amide bonds. The van der Waals surface area contributed by atoms with E-state index < -0.39 is 17.7 Å². The lowest BCUT2D eigenvalue weighted by Crippen LogP contribution is -2.38. The molecule has 0 bridgehead atoms. The van der Waals surface area contributed by atoms with Gasteiger partial charge in [0.25, 0.3) is 11.7 Å². The summed E-state index contributed by atoms with van der Waals surface area (Å²) < 4.78 is 16.3. The first-order chi connectivity index (χ1) is 16.9. The fourth-order valence-electron chi connectivity index (χ4n) is 4.30. The van der Waals surface area contributed by atoms with Gasteiger partial charge in [0.1, 0.15) is 11.5 Å². The predicted octanol–water partition coefficient (Wildman–Crippen LogP) is 3.87. The van der Waals surface area contributed by atoms with E-state index in [9.17, 15) is 14.7 Å². The highest BCUT2D eigenvalue weighted by atomic mass is 16.5. The summed E-state index contributed by atoms with van der Waals surface area (Å²) in [7, 11) is 3.07. The maximum Gasteiger partial charge on any atom is 0.295 e. The van der Waals surface area contributed by atoms with Gasteiger partial charge in [-0.3, -0.25) is 9.59 Å². The number of amides is 1. The van der Waals surface area contributed by atoms with Crippen molar-refractivity contribution in [2.75, 3.05) is 47.0 Å². The van der Waals surface area contributed by atoms with Crippen molar-refractivity contribution >= 4 is 17.4 Å². The quantitative estimate of drug-likeness (QED) is 0.296. The molecule has 1 saturated heterocycles. The van der Waals surface area contributed by atoms with Gasteiger partial charge in [-0.05, 0) is 62.0 Å². The van der Waals surface area contributed by atoms with Crippen LogP contribution in [0.25, 0.3) is 5.76 Å². The zero-order valence-electron chi connectivity index (χ0n) is 21.0. The molecule has 0 aromatic heterocycles. The highest BCUT2D eigenvalue weighted by Gasteiger charge is 2.46. The molecule has 1 fully saturated rings. The monoisotopic (exact) mass is 482 g/mol. The molecule has 2 aromatic rings. The largest absolute Gasteiger partial charge is 0.507 e. The fourth-order valence-corrected chi connectivity index (χ4v) is 4.30. The van der Waals surface area contributed by atoms with Gasteiger partial charge in [-0.2, -0.15) is 0 Å². The molecule has 8 nitrogen and oxygen atoms in total. The minimum Gasteiger partial charge on any atom is -0.507 e. The van der Waals surface area contributed by atoms with Crippen LogP contribution in [-0.2, 0) is 9.59 Å². The van der Waals surface area contributed by atoms with E-state index in [4.69, 9.17) is 14.2 Å². The number of hydrogen-bond donors (Lipinski definition) is 1. The molecule has 1 aliphatic heterocycles. The zero-order valence-corrected chi connectivity index (χ0v) is 21.0. The molecule has 1 atom stereocenters. The lowest BCUT2D eigenvalue weighted by Gasteiger charge is -2.28. The third kappa shape index (κ3) is 5.43. The van der Waals surface area contributed by atoms with E-state index in [1.54, 1.807) is 49.6 Å². The summed E-state index contributed by atoms with van der Waals surface area (Å²) in [6.07, 6.45) is 0. The number of methoxy groups -OCH3 is 2. The van der Waals surface area contributed by atoms with Crippen LogP contribution in [0.15, 0.2) is 48.0 Å². The van der Waals surface area contributed by atoms with Gasteiger partial charge in [-0.15, -0.1) is 0 Å². The highest BCUT2D eigenvalue weighted by molar-refractivity contribution is 6.46. The molecule has 8 heteroatoms. The zero-order chi connectivity index (χ0) is 25.5. The number of carbonyl (C=O) groups excluding carboxylic acids is 2. The molecule has 188 valence electrons. The summed E-state index contributed by atoms with van der Waals surface area (Å²) in [5.74, 6) is 0.0834. The van der Waals surface area contributed by atoms with E-state index in [1.165, 1.54) is 12.0 Å². The van der Waals surface area contributed by atoms with E-state index in [-0.39, 0.29) is 11.3 Å². The molecule has 1 N–H and O–H groups in total. The van der Waals surface area contributed by atoms with Gasteiger partial charge in [-0.25, -0.2) is 0 Å². The van der Waals surface area contributed by atoms with E-state index in [0.717, 1.165) is 13.1 Å². The summed E-state index contributed by atoms with van der Waals surface area (Å²) in [5, 5.41) is 11.2. The first-order valence-corrected chi connectivity index (χ1v) is 11.9. The van der Waals surface area contributed by atoms with Crippen LogP contribution in [0.2, 0.25) is 0 Å². The Balaban J connectivity index is 2.12. The number of aliphatic hydroxyl groups is 1. The second kappa shape index (κ2) is 11.8. The summed E-state index contributed by atoms with van der Waals surface area (Å²) >= 11 is 0. The Bertz CT molecular complexity index is 1080. The molecule has 2 aromatic carbocycles. The third-order valence-electron chi connectivity index (χ3n) is 6.25. The first kappa shape index (κ1) is 26.1. The molecule has 0 saturated carbocycles. The van der Waals surface area contributed by atoms with Gasteiger partial charge >= 0.3 is 0 Å². The molecule has 0 unspecified atom stereocenters. The first-order valence-electron chi connectivity index (χ1n) is 11.9. The number of benzene rings is 2. The van der Waals surface area contributed by atoms with Crippen LogP contribution in [-0.4, -0.2) is 73.6 Å². The van der Waals surface area contributed by atoms with Gasteiger partial charge in [0.05, 0.1) is 32.4 Å². The molecule has 35 heavy (non-hydrogen) atoms. The highest BCUT2D eigenvalue weighted by Crippen LogP contribution is 2.42. The smallest absolute Gasteiger partial charge is 0.295 e. The Morgan fingerprint density at radius 1 is 0.971 bits per heavy atom. The lowest BCUT2D eigenvalue weighted by atomic mass is 9.95. The van der Waals surface area contributed by atoms with E-state index >= 15 is 0 Å². The Morgan fingerprint density at radius 2 is 1.63 bits per heavy atom. The molecule has 0 radical (unpaired) electrons. The van der Waals surface area contributed by atoms with E-state index in [2.05, 4.69) is 18.7 Å². The lowest BCUT2D eigenvalue weighted by molar-refractivity contribution is -0.140. The number of Topliss-reactive ketones (excluding diaryl/α,β-unsaturated/α-hetero) is 1. The Kier molecular flexibility index (Phi) is 8.76. The summed E-state index contributed by atoms with van der Waals surface area (Å²) in [5.41, 5.74) is 1.13. The molecule has 1 heterocycles. The van der Waals surface area contributed by atoms with Crippen molar-refractivity contribution in [3.63, 3.8) is 0 Å². The Hall–Kier alpha value is -3.52. The number of nitrogens with zero attached hydrogens (tertiary/aromatic N) is 2. The number of likely N-dealkylation sites (N-methyl/N-ethyl adjacent to an activating group) is 1. The maximum absolute atomic E-state index is 13.2. The summed E-state index contributed by atoms with van der Waals surface area (Å²) in [4.78, 5) is 30.1. The van der Waals surface area contributed by atoms with Crippen LogP contribution in [0, 0.1) is 0 Å². The van der Waals surface area contributed by atoms with Crippen molar-refractivity contribution in [2.24, 2.45) is 0 Å². The number of ketones is 1. The molecule has 0 aliphatic carbocycles. The second-order valence-corrected chi connectivity index (χ2v) is 8.09. The van der Waals surface area contributed by atoms with E-state index in [1.807, 2.05) is 6.92 Å². The number of ether oxygens (including phenoxy) is 3. The van der Waals surface area contributed by atoms with Gasteiger partial charge in [0.15, 0.2) is 11.5 Å². The Morgan fingerprint density at radius 3 is 2.20 bits per heavy atom. The Labute approximate surface area is 206 Å². The van der Waals surface area contributed by atoms with Crippen molar-refractivity contribution < 1.29 is 28.9 Å². The fraction of sp³-hybridized carbons (Fsp3) is 0.407.